The molecule has 30 heavy (non-hydrogen) atoms. The monoisotopic (exact) mass is 434 g/mol. The van der Waals surface area contributed by atoms with Crippen LogP contribution in [0.25, 0.3) is 0 Å². The fourth-order valence-electron chi connectivity index (χ4n) is 3.14. The predicted octanol–water partition coefficient (Wildman–Crippen LogP) is 1.92. The summed E-state index contributed by atoms with van der Waals surface area (Å²) in [5.74, 6) is 1.38. The van der Waals surface area contributed by atoms with Gasteiger partial charge in [-0.2, -0.15) is 4.31 Å². The normalized spacial score (nSPS) is 15.0. The Morgan fingerprint density at radius 3 is 1.97 bits per heavy atom. The van der Waals surface area contributed by atoms with Crippen LogP contribution in [-0.2, 0) is 14.8 Å². The van der Waals surface area contributed by atoms with E-state index in [4.69, 9.17) is 14.2 Å². The van der Waals surface area contributed by atoms with Crippen molar-refractivity contribution in [3.8, 4) is 17.2 Å². The number of methoxy groups -OCH3 is 2. The van der Waals surface area contributed by atoms with Gasteiger partial charge in [0.2, 0.25) is 10.0 Å². The molecule has 0 N–H and O–H groups in total. The van der Waals surface area contributed by atoms with Crippen molar-refractivity contribution in [2.75, 3.05) is 47.0 Å². The number of hydrogen-bond acceptors (Lipinski definition) is 6. The van der Waals surface area contributed by atoms with Crippen LogP contribution in [0.1, 0.15) is 5.56 Å². The van der Waals surface area contributed by atoms with Gasteiger partial charge in [-0.3, -0.25) is 4.79 Å². The molecule has 3 rings (SSSR count). The topological polar surface area (TPSA) is 85.4 Å². The molecule has 0 aromatic heterocycles. The lowest BCUT2D eigenvalue weighted by Gasteiger charge is -2.34. The molecule has 1 aliphatic rings. The van der Waals surface area contributed by atoms with Crippen LogP contribution in [-0.4, -0.2) is 70.5 Å². The molecule has 1 heterocycles. The Labute approximate surface area is 177 Å². The van der Waals surface area contributed by atoms with Crippen molar-refractivity contribution in [3.05, 3.63) is 48.0 Å². The Hall–Kier alpha value is -2.78. The van der Waals surface area contributed by atoms with E-state index in [1.807, 2.05) is 6.92 Å². The number of carbonyl (C=O) groups excluding carboxylic acids is 1. The maximum Gasteiger partial charge on any atom is 0.260 e. The molecule has 1 saturated heterocycles. The standard InChI is InChI=1S/C21H26N2O6S/c1-16-4-6-20(7-5-16)30(25,26)23-10-8-22(9-11-23)21(24)15-29-19-13-17(27-2)12-18(14-19)28-3/h4-7,12-14H,8-11,15H2,1-3H3. The fourth-order valence-corrected chi connectivity index (χ4v) is 4.56. The molecule has 1 fully saturated rings. The Balaban J connectivity index is 1.56. The molecule has 162 valence electrons. The summed E-state index contributed by atoms with van der Waals surface area (Å²) in [5.41, 5.74) is 0.998. The van der Waals surface area contributed by atoms with Crippen LogP contribution >= 0.6 is 0 Å². The van der Waals surface area contributed by atoms with E-state index < -0.39 is 10.0 Å². The van der Waals surface area contributed by atoms with E-state index in [9.17, 15) is 13.2 Å². The second kappa shape index (κ2) is 9.36. The highest BCUT2D eigenvalue weighted by Crippen LogP contribution is 2.27. The van der Waals surface area contributed by atoms with Crippen LogP contribution in [0, 0.1) is 6.92 Å². The van der Waals surface area contributed by atoms with Crippen molar-refractivity contribution < 1.29 is 27.4 Å². The SMILES string of the molecule is COc1cc(OC)cc(OCC(=O)N2CCN(S(=O)(=O)c3ccc(C)cc3)CC2)c1. The maximum absolute atomic E-state index is 12.8. The van der Waals surface area contributed by atoms with Gasteiger partial charge in [-0.15, -0.1) is 0 Å². The van der Waals surface area contributed by atoms with Gasteiger partial charge >= 0.3 is 0 Å². The maximum atomic E-state index is 12.8. The zero-order valence-electron chi connectivity index (χ0n) is 17.3. The summed E-state index contributed by atoms with van der Waals surface area (Å²) < 4.78 is 42.9. The zero-order valence-corrected chi connectivity index (χ0v) is 18.1. The minimum Gasteiger partial charge on any atom is -0.496 e. The second-order valence-corrected chi connectivity index (χ2v) is 8.87. The van der Waals surface area contributed by atoms with Crippen LogP contribution in [0.4, 0.5) is 0 Å². The highest BCUT2D eigenvalue weighted by molar-refractivity contribution is 7.89. The van der Waals surface area contributed by atoms with E-state index in [2.05, 4.69) is 0 Å². The van der Waals surface area contributed by atoms with Gasteiger partial charge in [-0.25, -0.2) is 8.42 Å². The third-order valence-electron chi connectivity index (χ3n) is 4.94. The van der Waals surface area contributed by atoms with E-state index in [1.165, 1.54) is 18.5 Å². The molecule has 1 aliphatic heterocycles. The van der Waals surface area contributed by atoms with Crippen LogP contribution in [0.15, 0.2) is 47.4 Å². The Morgan fingerprint density at radius 2 is 1.43 bits per heavy atom. The zero-order chi connectivity index (χ0) is 21.7. The lowest BCUT2D eigenvalue weighted by molar-refractivity contribution is -0.134. The lowest BCUT2D eigenvalue weighted by Crippen LogP contribution is -2.51. The van der Waals surface area contributed by atoms with Gasteiger partial charge < -0.3 is 19.1 Å². The minimum atomic E-state index is -3.56. The van der Waals surface area contributed by atoms with Crippen LogP contribution in [0.3, 0.4) is 0 Å². The molecular formula is C21H26N2O6S. The summed E-state index contributed by atoms with van der Waals surface area (Å²) in [6.45, 7) is 2.87. The number of benzene rings is 2. The average molecular weight is 435 g/mol. The van der Waals surface area contributed by atoms with E-state index in [-0.39, 0.29) is 30.5 Å². The molecule has 2 aromatic rings. The van der Waals surface area contributed by atoms with E-state index in [0.717, 1.165) is 5.56 Å². The summed E-state index contributed by atoms with van der Waals surface area (Å²) in [6, 6.07) is 11.8. The van der Waals surface area contributed by atoms with Gasteiger partial charge in [0, 0.05) is 44.4 Å². The number of hydrogen-bond donors (Lipinski definition) is 0. The van der Waals surface area contributed by atoms with Crippen LogP contribution in [0.2, 0.25) is 0 Å². The fraction of sp³-hybridized carbons (Fsp3) is 0.381. The first-order chi connectivity index (χ1) is 14.3. The predicted molar refractivity (Wildman–Crippen MR) is 112 cm³/mol. The van der Waals surface area contributed by atoms with Crippen molar-refractivity contribution >= 4 is 15.9 Å². The second-order valence-electron chi connectivity index (χ2n) is 6.93. The largest absolute Gasteiger partial charge is 0.496 e. The molecule has 0 bridgehead atoms. The molecule has 0 atom stereocenters. The summed E-state index contributed by atoms with van der Waals surface area (Å²) in [6.07, 6.45) is 0. The van der Waals surface area contributed by atoms with E-state index in [0.29, 0.717) is 30.3 Å². The Morgan fingerprint density at radius 1 is 0.900 bits per heavy atom. The first-order valence-electron chi connectivity index (χ1n) is 9.54. The van der Waals surface area contributed by atoms with Crippen molar-refractivity contribution in [2.45, 2.75) is 11.8 Å². The molecule has 0 saturated carbocycles. The summed E-state index contributed by atoms with van der Waals surface area (Å²) in [7, 11) is -0.491. The highest BCUT2D eigenvalue weighted by atomic mass is 32.2. The Bertz CT molecular complexity index is 961. The van der Waals surface area contributed by atoms with Gasteiger partial charge in [-0.05, 0) is 19.1 Å². The van der Waals surface area contributed by atoms with Gasteiger partial charge in [0.15, 0.2) is 6.61 Å². The smallest absolute Gasteiger partial charge is 0.260 e. The van der Waals surface area contributed by atoms with Gasteiger partial charge in [0.25, 0.3) is 5.91 Å². The number of nitrogens with zero attached hydrogens (tertiary/aromatic N) is 2. The molecule has 1 amide bonds. The van der Waals surface area contributed by atoms with Crippen molar-refractivity contribution in [1.82, 2.24) is 9.21 Å². The van der Waals surface area contributed by atoms with Gasteiger partial charge in [0.1, 0.15) is 17.2 Å². The molecular weight excluding hydrogens is 408 g/mol. The number of sulfonamides is 1. The molecule has 0 spiro atoms. The molecule has 0 radical (unpaired) electrons. The third kappa shape index (κ3) is 5.03. The van der Waals surface area contributed by atoms with Crippen LogP contribution in [0.5, 0.6) is 17.2 Å². The molecule has 2 aromatic carbocycles. The minimum absolute atomic E-state index is 0.152. The van der Waals surface area contributed by atoms with Crippen molar-refractivity contribution in [3.63, 3.8) is 0 Å². The van der Waals surface area contributed by atoms with E-state index in [1.54, 1.807) is 47.4 Å². The van der Waals surface area contributed by atoms with Crippen molar-refractivity contribution in [2.24, 2.45) is 0 Å². The molecule has 9 heteroatoms. The summed E-state index contributed by atoms with van der Waals surface area (Å²) in [5, 5.41) is 0. The number of aryl methyl sites for hydroxylation is 1. The lowest BCUT2D eigenvalue weighted by atomic mass is 10.2. The number of piperazine rings is 1. The summed E-state index contributed by atoms with van der Waals surface area (Å²) in [4.78, 5) is 14.4. The Kier molecular flexibility index (Phi) is 6.84. The highest BCUT2D eigenvalue weighted by Gasteiger charge is 2.30. The quantitative estimate of drug-likeness (QED) is 0.662. The number of ether oxygens (including phenoxy) is 3. The number of amides is 1. The first-order valence-corrected chi connectivity index (χ1v) is 11.0. The molecule has 0 aliphatic carbocycles. The van der Waals surface area contributed by atoms with E-state index >= 15 is 0 Å². The summed E-state index contributed by atoms with van der Waals surface area (Å²) >= 11 is 0. The third-order valence-corrected chi connectivity index (χ3v) is 6.85. The first kappa shape index (κ1) is 21.9. The number of carbonyl (C=O) groups is 1. The van der Waals surface area contributed by atoms with Crippen molar-refractivity contribution in [1.29, 1.82) is 0 Å². The molecule has 0 unspecified atom stereocenters. The van der Waals surface area contributed by atoms with Gasteiger partial charge in [0.05, 0.1) is 19.1 Å². The number of rotatable bonds is 7. The average Bonchev–Trinajstić information content (AvgIpc) is 2.77. The molecule has 8 nitrogen and oxygen atoms in total. The van der Waals surface area contributed by atoms with Gasteiger partial charge in [-0.1, -0.05) is 17.7 Å². The van der Waals surface area contributed by atoms with Crippen LogP contribution < -0.4 is 14.2 Å².